The van der Waals surface area contributed by atoms with Crippen LogP contribution in [-0.4, -0.2) is 20.5 Å². The van der Waals surface area contributed by atoms with Gasteiger partial charge in [-0.1, -0.05) is 26.0 Å². The van der Waals surface area contributed by atoms with Crippen LogP contribution in [0.25, 0.3) is 0 Å². The summed E-state index contributed by atoms with van der Waals surface area (Å²) in [5.74, 6) is 0.369. The van der Waals surface area contributed by atoms with Crippen molar-refractivity contribution in [3.8, 4) is 0 Å². The molecule has 1 aromatic rings. The van der Waals surface area contributed by atoms with Crippen molar-refractivity contribution in [2.24, 2.45) is 11.7 Å². The molecule has 116 valence electrons. The van der Waals surface area contributed by atoms with Crippen LogP contribution in [0.4, 0.5) is 0 Å². The molecule has 1 rings (SSSR count). The van der Waals surface area contributed by atoms with Crippen LogP contribution in [0.15, 0.2) is 29.2 Å². The first-order valence-electron chi connectivity index (χ1n) is 6.49. The fourth-order valence-electron chi connectivity index (χ4n) is 2.23. The van der Waals surface area contributed by atoms with Gasteiger partial charge in [0.15, 0.2) is 0 Å². The van der Waals surface area contributed by atoms with Crippen LogP contribution in [-0.2, 0) is 10.0 Å². The number of rotatable bonds is 6. The van der Waals surface area contributed by atoms with Gasteiger partial charge in [0.2, 0.25) is 10.0 Å². The minimum absolute atomic E-state index is 0. The van der Waals surface area contributed by atoms with Crippen LogP contribution < -0.4 is 10.5 Å². The lowest BCUT2D eigenvalue weighted by Crippen LogP contribution is -2.51. The Balaban J connectivity index is 0.00000361. The Morgan fingerprint density at radius 3 is 2.40 bits per heavy atom. The van der Waals surface area contributed by atoms with Crippen molar-refractivity contribution >= 4 is 22.4 Å². The van der Waals surface area contributed by atoms with E-state index in [9.17, 15) is 8.42 Å². The quantitative estimate of drug-likeness (QED) is 0.845. The van der Waals surface area contributed by atoms with E-state index in [4.69, 9.17) is 5.73 Å². The maximum atomic E-state index is 12.4. The Morgan fingerprint density at radius 1 is 1.35 bits per heavy atom. The predicted octanol–water partition coefficient (Wildman–Crippen LogP) is 2.46. The number of aryl methyl sites for hydroxylation is 1. The molecule has 1 unspecified atom stereocenters. The van der Waals surface area contributed by atoms with Crippen LogP contribution in [0.5, 0.6) is 0 Å². The summed E-state index contributed by atoms with van der Waals surface area (Å²) in [6.07, 6.45) is 0.703. The van der Waals surface area contributed by atoms with E-state index in [0.717, 1.165) is 5.56 Å². The Hall–Kier alpha value is -0.620. The van der Waals surface area contributed by atoms with E-state index in [1.165, 1.54) is 0 Å². The summed E-state index contributed by atoms with van der Waals surface area (Å²) in [4.78, 5) is 0.288. The first-order valence-corrected chi connectivity index (χ1v) is 7.97. The Kier molecular flexibility index (Phi) is 7.18. The van der Waals surface area contributed by atoms with Crippen molar-refractivity contribution in [3.63, 3.8) is 0 Å². The van der Waals surface area contributed by atoms with Crippen LogP contribution in [0.3, 0.4) is 0 Å². The third-order valence-electron chi connectivity index (χ3n) is 2.99. The first-order chi connectivity index (χ1) is 8.68. The molecule has 0 radical (unpaired) electrons. The molecular weight excluding hydrogens is 296 g/mol. The van der Waals surface area contributed by atoms with Crippen LogP contribution in [0.2, 0.25) is 0 Å². The SMILES string of the molecule is Cc1cccc(S(=O)(=O)NC(C)(CN)CC(C)C)c1.Cl. The monoisotopic (exact) mass is 320 g/mol. The average Bonchev–Trinajstić information content (AvgIpc) is 2.27. The van der Waals surface area contributed by atoms with E-state index in [0.29, 0.717) is 12.3 Å². The minimum atomic E-state index is -3.53. The Morgan fingerprint density at radius 2 is 1.95 bits per heavy atom. The van der Waals surface area contributed by atoms with E-state index in [2.05, 4.69) is 18.6 Å². The summed E-state index contributed by atoms with van der Waals surface area (Å²) in [6, 6.07) is 6.87. The lowest BCUT2D eigenvalue weighted by Gasteiger charge is -2.30. The molecule has 4 nitrogen and oxygen atoms in total. The highest BCUT2D eigenvalue weighted by Crippen LogP contribution is 2.19. The number of benzene rings is 1. The van der Waals surface area contributed by atoms with Gasteiger partial charge in [0, 0.05) is 12.1 Å². The molecule has 0 fully saturated rings. The fraction of sp³-hybridized carbons (Fsp3) is 0.571. The molecule has 0 bridgehead atoms. The van der Waals surface area contributed by atoms with Gasteiger partial charge in [-0.2, -0.15) is 0 Å². The van der Waals surface area contributed by atoms with Crippen molar-refractivity contribution in [3.05, 3.63) is 29.8 Å². The maximum Gasteiger partial charge on any atom is 0.241 e. The molecule has 0 saturated heterocycles. The van der Waals surface area contributed by atoms with E-state index >= 15 is 0 Å². The van der Waals surface area contributed by atoms with E-state index in [1.807, 2.05) is 19.9 Å². The third-order valence-corrected chi connectivity index (χ3v) is 4.63. The van der Waals surface area contributed by atoms with Gasteiger partial charge in [-0.3, -0.25) is 0 Å². The number of halogens is 1. The zero-order chi connectivity index (χ0) is 14.7. The Labute approximate surface area is 128 Å². The number of hydrogen-bond acceptors (Lipinski definition) is 3. The van der Waals surface area contributed by atoms with Gasteiger partial charge < -0.3 is 5.73 Å². The fourth-order valence-corrected chi connectivity index (χ4v) is 3.77. The number of nitrogens with one attached hydrogen (secondary N) is 1. The van der Waals surface area contributed by atoms with Gasteiger partial charge in [0.05, 0.1) is 4.90 Å². The van der Waals surface area contributed by atoms with Gasteiger partial charge in [-0.15, -0.1) is 12.4 Å². The predicted molar refractivity (Wildman–Crippen MR) is 85.7 cm³/mol. The highest BCUT2D eigenvalue weighted by atomic mass is 35.5. The summed E-state index contributed by atoms with van der Waals surface area (Å²) in [5.41, 5.74) is 6.05. The maximum absolute atomic E-state index is 12.4. The molecule has 3 N–H and O–H groups in total. The molecule has 0 saturated carbocycles. The van der Waals surface area contributed by atoms with Crippen molar-refractivity contribution < 1.29 is 8.42 Å². The van der Waals surface area contributed by atoms with Crippen LogP contribution in [0.1, 0.15) is 32.8 Å². The van der Waals surface area contributed by atoms with E-state index < -0.39 is 15.6 Å². The molecule has 0 amide bonds. The summed E-state index contributed by atoms with van der Waals surface area (Å²) < 4.78 is 27.5. The second kappa shape index (κ2) is 7.41. The van der Waals surface area contributed by atoms with E-state index in [1.54, 1.807) is 18.2 Å². The van der Waals surface area contributed by atoms with Crippen LogP contribution in [0, 0.1) is 12.8 Å². The number of hydrogen-bond donors (Lipinski definition) is 2. The Bertz CT molecular complexity index is 532. The zero-order valence-corrected chi connectivity index (χ0v) is 14.1. The first kappa shape index (κ1) is 19.4. The van der Waals surface area contributed by atoms with Crippen molar-refractivity contribution in [2.75, 3.05) is 6.54 Å². The van der Waals surface area contributed by atoms with Gasteiger partial charge >= 0.3 is 0 Å². The number of sulfonamides is 1. The molecule has 1 aromatic carbocycles. The smallest absolute Gasteiger partial charge is 0.241 e. The minimum Gasteiger partial charge on any atom is -0.329 e. The second-order valence-electron chi connectivity index (χ2n) is 5.78. The highest BCUT2D eigenvalue weighted by Gasteiger charge is 2.30. The van der Waals surface area contributed by atoms with E-state index in [-0.39, 0.29) is 23.8 Å². The molecule has 0 aliphatic carbocycles. The molecule has 0 aromatic heterocycles. The van der Waals surface area contributed by atoms with Gasteiger partial charge in [0.25, 0.3) is 0 Å². The highest BCUT2D eigenvalue weighted by molar-refractivity contribution is 7.89. The molecule has 0 heterocycles. The molecular formula is C14H25ClN2O2S. The molecule has 20 heavy (non-hydrogen) atoms. The zero-order valence-electron chi connectivity index (χ0n) is 12.5. The number of nitrogens with two attached hydrogens (primary N) is 1. The summed E-state index contributed by atoms with van der Waals surface area (Å²) >= 11 is 0. The summed E-state index contributed by atoms with van der Waals surface area (Å²) in [7, 11) is -3.53. The topological polar surface area (TPSA) is 72.2 Å². The van der Waals surface area contributed by atoms with Crippen molar-refractivity contribution in [2.45, 2.75) is 44.6 Å². The van der Waals surface area contributed by atoms with Gasteiger partial charge in [-0.05, 0) is 43.9 Å². The van der Waals surface area contributed by atoms with Gasteiger partial charge in [0.1, 0.15) is 0 Å². The lowest BCUT2D eigenvalue weighted by molar-refractivity contribution is 0.344. The van der Waals surface area contributed by atoms with Crippen LogP contribution >= 0.6 is 12.4 Å². The van der Waals surface area contributed by atoms with Crippen molar-refractivity contribution in [1.82, 2.24) is 4.72 Å². The molecule has 6 heteroatoms. The molecule has 1 atom stereocenters. The largest absolute Gasteiger partial charge is 0.329 e. The average molecular weight is 321 g/mol. The summed E-state index contributed by atoms with van der Waals surface area (Å²) in [5, 5.41) is 0. The summed E-state index contributed by atoms with van der Waals surface area (Å²) in [6.45, 7) is 8.09. The normalized spacial score (nSPS) is 14.7. The second-order valence-corrected chi connectivity index (χ2v) is 7.47. The standard InChI is InChI=1S/C14H24N2O2S.ClH/c1-11(2)9-14(4,10-15)16-19(17,18)13-7-5-6-12(3)8-13;/h5-8,11,16H,9-10,15H2,1-4H3;1H. The molecule has 0 aliphatic heterocycles. The third kappa shape index (κ3) is 5.40. The molecule has 0 aliphatic rings. The lowest BCUT2D eigenvalue weighted by atomic mass is 9.92. The molecule has 0 spiro atoms. The van der Waals surface area contributed by atoms with Crippen molar-refractivity contribution in [1.29, 1.82) is 0 Å². The van der Waals surface area contributed by atoms with Gasteiger partial charge in [-0.25, -0.2) is 13.1 Å².